The van der Waals surface area contributed by atoms with Gasteiger partial charge in [0.05, 0.1) is 32.0 Å². The molecule has 0 spiro atoms. The van der Waals surface area contributed by atoms with E-state index in [0.29, 0.717) is 74.3 Å². The summed E-state index contributed by atoms with van der Waals surface area (Å²) in [4.78, 5) is 34.7. The number of hydrogen-bond acceptors (Lipinski definition) is 9. The van der Waals surface area contributed by atoms with Crippen LogP contribution in [0.2, 0.25) is 0 Å². The molecule has 3 aromatic rings. The van der Waals surface area contributed by atoms with Crippen LogP contribution in [0, 0.1) is 12.1 Å². The van der Waals surface area contributed by atoms with E-state index in [9.17, 15) is 14.4 Å². The molecule has 0 aliphatic carbocycles. The molecule has 230 valence electrons. The van der Waals surface area contributed by atoms with Gasteiger partial charge in [0.15, 0.2) is 11.5 Å². The molecule has 3 aromatic carbocycles. The monoisotopic (exact) mass is 600 g/mol. The van der Waals surface area contributed by atoms with E-state index < -0.39 is 11.9 Å². The summed E-state index contributed by atoms with van der Waals surface area (Å²) in [5.41, 5.74) is 1.11. The van der Waals surface area contributed by atoms with Gasteiger partial charge in [0.25, 0.3) is 0 Å². The van der Waals surface area contributed by atoms with Gasteiger partial charge in [-0.15, -0.1) is 0 Å². The van der Waals surface area contributed by atoms with Gasteiger partial charge >= 0.3 is 17.9 Å². The highest BCUT2D eigenvalue weighted by atomic mass is 16.5. The molecular weight excluding hydrogens is 564 g/mol. The highest BCUT2D eigenvalue weighted by Crippen LogP contribution is 2.22. The first-order valence-corrected chi connectivity index (χ1v) is 14.3. The Morgan fingerprint density at radius 3 is 1.70 bits per heavy atom. The van der Waals surface area contributed by atoms with Gasteiger partial charge in [0, 0.05) is 18.1 Å². The topological polar surface area (TPSA) is 107 Å². The van der Waals surface area contributed by atoms with E-state index in [1.807, 2.05) is 24.3 Å². The summed E-state index contributed by atoms with van der Waals surface area (Å²) in [5.74, 6) is 1.09. The molecule has 0 radical (unpaired) electrons. The fourth-order valence-electron chi connectivity index (χ4n) is 3.56. The van der Waals surface area contributed by atoms with Gasteiger partial charge in [0.2, 0.25) is 0 Å². The van der Waals surface area contributed by atoms with E-state index in [1.165, 1.54) is 0 Å². The Morgan fingerprint density at radius 2 is 1.18 bits per heavy atom. The zero-order valence-corrected chi connectivity index (χ0v) is 24.8. The van der Waals surface area contributed by atoms with Gasteiger partial charge in [-0.05, 0) is 98.5 Å². The van der Waals surface area contributed by atoms with Crippen LogP contribution >= 0.6 is 0 Å². The van der Waals surface area contributed by atoms with Crippen LogP contribution < -0.4 is 18.9 Å². The molecule has 0 saturated heterocycles. The standard InChI is InChI=1S/C35H36O9/c1-4-33(36)41-24-8-6-22-39-29-14-10-27(11-15-29)26(3)43-31-18-20-32(21-19-31)44-35(38)28-12-16-30(17-13-28)40-23-7-9-25-42-34(37)5-2/h5,10-18,20H,2-4,6-9,22-25H2,1H3. The quantitative estimate of drug-likeness (QED) is 0.0655. The fraction of sp³-hybridized carbons (Fsp3) is 0.286. The Balaban J connectivity index is 1.37. The molecule has 0 aliphatic rings. The van der Waals surface area contributed by atoms with E-state index in [-0.39, 0.29) is 11.7 Å². The van der Waals surface area contributed by atoms with Crippen LogP contribution in [0.1, 0.15) is 54.9 Å². The van der Waals surface area contributed by atoms with Crippen LogP contribution in [0.25, 0.3) is 5.76 Å². The molecule has 0 saturated carbocycles. The molecule has 0 fully saturated rings. The smallest absolute Gasteiger partial charge is 0.344 e. The predicted octanol–water partition coefficient (Wildman–Crippen LogP) is 6.56. The van der Waals surface area contributed by atoms with Crippen molar-refractivity contribution in [3.63, 3.8) is 0 Å². The van der Waals surface area contributed by atoms with Gasteiger partial charge in [0.1, 0.15) is 17.3 Å². The lowest BCUT2D eigenvalue weighted by Crippen LogP contribution is -2.08. The Morgan fingerprint density at radius 1 is 0.682 bits per heavy atom. The molecular formula is C35H36O9. The van der Waals surface area contributed by atoms with E-state index >= 15 is 0 Å². The van der Waals surface area contributed by atoms with E-state index in [2.05, 4.69) is 25.3 Å². The molecule has 0 unspecified atom stereocenters. The summed E-state index contributed by atoms with van der Waals surface area (Å²) in [7, 11) is 0. The van der Waals surface area contributed by atoms with Crippen LogP contribution in [-0.2, 0) is 19.1 Å². The molecule has 0 heterocycles. The molecule has 3 rings (SSSR count). The molecule has 9 heteroatoms. The SMILES string of the molecule is C=CC(=O)OCCCCOc1ccc(C(=O)Oc2c#cc(OC(=C)c3ccc(OCCCCOC(=O)CC)cc3)cc2)cc1. The second-order valence-electron chi connectivity index (χ2n) is 9.33. The molecule has 0 amide bonds. The molecule has 9 nitrogen and oxygen atoms in total. The van der Waals surface area contributed by atoms with Crippen LogP contribution in [0.5, 0.6) is 23.0 Å². The van der Waals surface area contributed by atoms with E-state index in [0.717, 1.165) is 24.5 Å². The van der Waals surface area contributed by atoms with E-state index in [4.69, 9.17) is 28.4 Å². The maximum atomic E-state index is 12.5. The van der Waals surface area contributed by atoms with Gasteiger partial charge in [-0.1, -0.05) is 20.1 Å². The number of carbonyl (C=O) groups excluding carboxylic acids is 3. The number of esters is 3. The predicted molar refractivity (Wildman–Crippen MR) is 163 cm³/mol. The van der Waals surface area contributed by atoms with Crippen molar-refractivity contribution < 1.29 is 42.8 Å². The average Bonchev–Trinajstić information content (AvgIpc) is 3.05. The van der Waals surface area contributed by atoms with Crippen LogP contribution in [-0.4, -0.2) is 44.3 Å². The number of carbonyl (C=O) groups is 3. The number of ether oxygens (including phenoxy) is 6. The number of rotatable bonds is 19. The Bertz CT molecular complexity index is 1360. The molecule has 44 heavy (non-hydrogen) atoms. The third kappa shape index (κ3) is 11.9. The minimum atomic E-state index is -0.550. The molecule has 0 aromatic heterocycles. The number of benzene rings is 2. The molecule has 0 N–H and O–H groups in total. The highest BCUT2D eigenvalue weighted by Gasteiger charge is 2.10. The first kappa shape index (κ1) is 33.3. The normalized spacial score (nSPS) is 10.1. The minimum Gasteiger partial charge on any atom is -0.494 e. The molecule has 0 aliphatic heterocycles. The lowest BCUT2D eigenvalue weighted by atomic mass is 10.2. The third-order valence-electron chi connectivity index (χ3n) is 5.97. The second kappa shape index (κ2) is 18.3. The Hall–Kier alpha value is -5.23. The van der Waals surface area contributed by atoms with Gasteiger partial charge < -0.3 is 28.4 Å². The first-order valence-electron chi connectivity index (χ1n) is 14.3. The lowest BCUT2D eigenvalue weighted by Gasteiger charge is -2.10. The summed E-state index contributed by atoms with van der Waals surface area (Å²) < 4.78 is 32.5. The summed E-state index contributed by atoms with van der Waals surface area (Å²) >= 11 is 0. The fourth-order valence-corrected chi connectivity index (χ4v) is 3.56. The van der Waals surface area contributed by atoms with Crippen molar-refractivity contribution in [1.82, 2.24) is 0 Å². The zero-order chi connectivity index (χ0) is 31.6. The van der Waals surface area contributed by atoms with E-state index in [1.54, 1.807) is 43.3 Å². The maximum absolute atomic E-state index is 12.5. The molecule has 0 atom stereocenters. The third-order valence-corrected chi connectivity index (χ3v) is 5.97. The Kier molecular flexibility index (Phi) is 13.9. The zero-order valence-electron chi connectivity index (χ0n) is 24.8. The van der Waals surface area contributed by atoms with Crippen LogP contribution in [0.4, 0.5) is 0 Å². The van der Waals surface area contributed by atoms with Crippen molar-refractivity contribution in [2.45, 2.75) is 39.0 Å². The highest BCUT2D eigenvalue weighted by molar-refractivity contribution is 5.91. The first-order chi connectivity index (χ1) is 21.4. The summed E-state index contributed by atoms with van der Waals surface area (Å²) in [6.07, 6.45) is 4.39. The molecule has 0 bridgehead atoms. The van der Waals surface area contributed by atoms with Crippen molar-refractivity contribution in [3.05, 3.63) is 103 Å². The van der Waals surface area contributed by atoms with Crippen LogP contribution in [0.3, 0.4) is 0 Å². The summed E-state index contributed by atoms with van der Waals surface area (Å²) in [5, 5.41) is 0. The van der Waals surface area contributed by atoms with Crippen molar-refractivity contribution >= 4 is 23.7 Å². The number of hydrogen-bond donors (Lipinski definition) is 0. The van der Waals surface area contributed by atoms with Crippen molar-refractivity contribution in [2.75, 3.05) is 26.4 Å². The summed E-state index contributed by atoms with van der Waals surface area (Å²) in [6, 6.07) is 22.7. The largest absolute Gasteiger partial charge is 0.494 e. The van der Waals surface area contributed by atoms with Crippen molar-refractivity contribution in [2.24, 2.45) is 0 Å². The van der Waals surface area contributed by atoms with Crippen molar-refractivity contribution in [3.8, 4) is 23.0 Å². The second-order valence-corrected chi connectivity index (χ2v) is 9.33. The van der Waals surface area contributed by atoms with Gasteiger partial charge in [-0.25, -0.2) is 9.59 Å². The van der Waals surface area contributed by atoms with Gasteiger partial charge in [-0.2, -0.15) is 0 Å². The number of unbranched alkanes of at least 4 members (excludes halogenated alkanes) is 2. The van der Waals surface area contributed by atoms with Crippen molar-refractivity contribution in [1.29, 1.82) is 0 Å². The Labute approximate surface area is 258 Å². The van der Waals surface area contributed by atoms with Gasteiger partial charge in [-0.3, -0.25) is 4.79 Å². The summed E-state index contributed by atoms with van der Waals surface area (Å²) in [6.45, 7) is 10.7. The average molecular weight is 601 g/mol. The lowest BCUT2D eigenvalue weighted by molar-refractivity contribution is -0.143. The minimum absolute atomic E-state index is 0.190. The maximum Gasteiger partial charge on any atom is 0.344 e. The van der Waals surface area contributed by atoms with Crippen LogP contribution in [0.15, 0.2) is 79.9 Å².